The summed E-state index contributed by atoms with van der Waals surface area (Å²) in [7, 11) is 0. The Bertz CT molecular complexity index is 1170. The summed E-state index contributed by atoms with van der Waals surface area (Å²) in [5.74, 6) is -0.470. The van der Waals surface area contributed by atoms with E-state index in [1.165, 1.54) is 12.1 Å². The molecule has 0 amide bonds. The highest BCUT2D eigenvalue weighted by molar-refractivity contribution is 5.91. The third-order valence-corrected chi connectivity index (χ3v) is 4.92. The molecule has 4 heteroatoms. The van der Waals surface area contributed by atoms with Gasteiger partial charge in [0.2, 0.25) is 0 Å². The smallest absolute Gasteiger partial charge is 0.149 e. The highest BCUT2D eigenvalue weighted by atomic mass is 19.1. The predicted octanol–water partition coefficient (Wildman–Crippen LogP) is 6.17. The second kappa shape index (κ2) is 8.00. The summed E-state index contributed by atoms with van der Waals surface area (Å²) < 4.78 is 33.2. The Hall–Kier alpha value is -3.27. The van der Waals surface area contributed by atoms with E-state index in [0.717, 1.165) is 33.7 Å². The van der Waals surface area contributed by atoms with Crippen LogP contribution in [-0.4, -0.2) is 4.98 Å². The Labute approximate surface area is 168 Å². The fourth-order valence-electron chi connectivity index (χ4n) is 3.44. The van der Waals surface area contributed by atoms with Crippen molar-refractivity contribution in [3.8, 4) is 5.75 Å². The Morgan fingerprint density at radius 1 is 0.897 bits per heavy atom. The SMILES string of the molecule is [CH2]c1nc(C)c2cc(Cc3ccc(F)cc3F)ccc2c1OCc1ccccc1. The summed E-state index contributed by atoms with van der Waals surface area (Å²) in [6.45, 7) is 6.37. The molecule has 0 N–H and O–H groups in total. The van der Waals surface area contributed by atoms with E-state index >= 15 is 0 Å². The van der Waals surface area contributed by atoms with Crippen LogP contribution in [0, 0.1) is 25.5 Å². The van der Waals surface area contributed by atoms with E-state index in [1.54, 1.807) is 0 Å². The van der Waals surface area contributed by atoms with Crippen LogP contribution >= 0.6 is 0 Å². The lowest BCUT2D eigenvalue weighted by atomic mass is 9.99. The molecule has 145 valence electrons. The number of pyridine rings is 1. The molecule has 3 aromatic carbocycles. The van der Waals surface area contributed by atoms with E-state index in [0.29, 0.717) is 30.0 Å². The molecule has 0 spiro atoms. The number of hydrogen-bond donors (Lipinski definition) is 0. The Balaban J connectivity index is 1.67. The van der Waals surface area contributed by atoms with Crippen LogP contribution in [0.4, 0.5) is 8.78 Å². The summed E-state index contributed by atoms with van der Waals surface area (Å²) in [5.41, 5.74) is 3.84. The van der Waals surface area contributed by atoms with Gasteiger partial charge in [-0.3, -0.25) is 4.98 Å². The van der Waals surface area contributed by atoms with Crippen molar-refractivity contribution in [1.29, 1.82) is 0 Å². The maximum Gasteiger partial charge on any atom is 0.149 e. The normalized spacial score (nSPS) is 11.0. The zero-order chi connectivity index (χ0) is 20.4. The highest BCUT2D eigenvalue weighted by Crippen LogP contribution is 2.32. The number of hydrogen-bond acceptors (Lipinski definition) is 2. The third-order valence-electron chi connectivity index (χ3n) is 4.92. The van der Waals surface area contributed by atoms with E-state index in [9.17, 15) is 8.78 Å². The van der Waals surface area contributed by atoms with Gasteiger partial charge in [-0.1, -0.05) is 48.5 Å². The first-order valence-corrected chi connectivity index (χ1v) is 9.37. The molecule has 0 fully saturated rings. The molecule has 4 rings (SSSR count). The van der Waals surface area contributed by atoms with Crippen LogP contribution in [0.25, 0.3) is 10.8 Å². The summed E-state index contributed by atoms with van der Waals surface area (Å²) in [6, 6.07) is 19.4. The van der Waals surface area contributed by atoms with Crippen LogP contribution < -0.4 is 4.74 Å². The molecule has 0 atom stereocenters. The van der Waals surface area contributed by atoms with Crippen molar-refractivity contribution >= 4 is 10.8 Å². The summed E-state index contributed by atoms with van der Waals surface area (Å²) in [4.78, 5) is 4.53. The number of rotatable bonds is 5. The van der Waals surface area contributed by atoms with E-state index in [4.69, 9.17) is 4.74 Å². The number of benzene rings is 3. The van der Waals surface area contributed by atoms with Gasteiger partial charge in [-0.25, -0.2) is 8.78 Å². The Kier molecular flexibility index (Phi) is 5.26. The second-order valence-corrected chi connectivity index (χ2v) is 7.04. The van der Waals surface area contributed by atoms with Crippen molar-refractivity contribution in [3.63, 3.8) is 0 Å². The Morgan fingerprint density at radius 2 is 1.69 bits per heavy atom. The molecule has 0 aliphatic carbocycles. The lowest BCUT2D eigenvalue weighted by molar-refractivity contribution is 0.307. The average molecular weight is 388 g/mol. The molecular formula is C25H20F2NO. The summed E-state index contributed by atoms with van der Waals surface area (Å²) in [6.07, 6.45) is 0.369. The van der Waals surface area contributed by atoms with Gasteiger partial charge in [-0.05, 0) is 42.7 Å². The van der Waals surface area contributed by atoms with Crippen molar-refractivity contribution in [2.75, 3.05) is 0 Å². The van der Waals surface area contributed by atoms with Crippen LogP contribution in [0.3, 0.4) is 0 Å². The molecule has 0 bridgehead atoms. The van der Waals surface area contributed by atoms with Gasteiger partial charge >= 0.3 is 0 Å². The zero-order valence-electron chi connectivity index (χ0n) is 16.1. The van der Waals surface area contributed by atoms with Crippen LogP contribution in [0.2, 0.25) is 0 Å². The van der Waals surface area contributed by atoms with Crippen LogP contribution in [-0.2, 0) is 13.0 Å². The zero-order valence-corrected chi connectivity index (χ0v) is 16.1. The lowest BCUT2D eigenvalue weighted by Gasteiger charge is -2.15. The molecule has 1 radical (unpaired) electrons. The number of fused-ring (bicyclic) bond motifs is 1. The van der Waals surface area contributed by atoms with Gasteiger partial charge < -0.3 is 4.74 Å². The van der Waals surface area contributed by atoms with Crippen molar-refractivity contribution in [2.45, 2.75) is 20.0 Å². The van der Waals surface area contributed by atoms with Crippen molar-refractivity contribution in [3.05, 3.63) is 113 Å². The highest BCUT2D eigenvalue weighted by Gasteiger charge is 2.13. The molecular weight excluding hydrogens is 368 g/mol. The second-order valence-electron chi connectivity index (χ2n) is 7.04. The fraction of sp³-hybridized carbons (Fsp3) is 0.120. The molecule has 1 aromatic heterocycles. The first-order chi connectivity index (χ1) is 14.0. The summed E-state index contributed by atoms with van der Waals surface area (Å²) >= 11 is 0. The minimum atomic E-state index is -0.576. The third kappa shape index (κ3) is 4.11. The van der Waals surface area contributed by atoms with Crippen molar-refractivity contribution < 1.29 is 13.5 Å². The topological polar surface area (TPSA) is 22.1 Å². The van der Waals surface area contributed by atoms with Gasteiger partial charge in [-0.2, -0.15) is 0 Å². The van der Waals surface area contributed by atoms with Crippen molar-refractivity contribution in [1.82, 2.24) is 4.98 Å². The van der Waals surface area contributed by atoms with E-state index in [2.05, 4.69) is 11.9 Å². The van der Waals surface area contributed by atoms with Crippen LogP contribution in [0.5, 0.6) is 5.75 Å². The lowest BCUT2D eigenvalue weighted by Crippen LogP contribution is -2.01. The molecule has 0 saturated carbocycles. The first kappa shape index (κ1) is 19.1. The fourth-order valence-corrected chi connectivity index (χ4v) is 3.44. The van der Waals surface area contributed by atoms with Crippen LogP contribution in [0.15, 0.2) is 66.7 Å². The monoisotopic (exact) mass is 388 g/mol. The average Bonchev–Trinajstić information content (AvgIpc) is 2.71. The number of aryl methyl sites for hydroxylation is 1. The molecule has 0 aliphatic rings. The number of halogens is 2. The van der Waals surface area contributed by atoms with Gasteiger partial charge in [0, 0.05) is 29.0 Å². The van der Waals surface area contributed by atoms with Gasteiger partial charge in [0.1, 0.15) is 24.0 Å². The molecule has 0 aliphatic heterocycles. The van der Waals surface area contributed by atoms with Gasteiger partial charge in [0.15, 0.2) is 0 Å². The quantitative estimate of drug-likeness (QED) is 0.408. The first-order valence-electron chi connectivity index (χ1n) is 9.37. The van der Waals surface area contributed by atoms with Crippen LogP contribution in [0.1, 0.15) is 28.1 Å². The number of ether oxygens (including phenoxy) is 1. The standard InChI is InChI=1S/C25H20F2NO/c1-16-23-13-19(12-20-9-10-21(26)14-24(20)27)8-11-22(23)25(17(2)28-16)29-15-18-6-4-3-5-7-18/h3-11,13-14H,2,12,15H2,1H3. The molecule has 0 saturated heterocycles. The maximum absolute atomic E-state index is 14.0. The number of nitrogens with zero attached hydrogens (tertiary/aromatic N) is 1. The summed E-state index contributed by atoms with van der Waals surface area (Å²) in [5, 5.41) is 1.85. The molecule has 4 aromatic rings. The molecule has 0 unspecified atom stereocenters. The van der Waals surface area contributed by atoms with E-state index < -0.39 is 11.6 Å². The minimum absolute atomic E-state index is 0.369. The molecule has 2 nitrogen and oxygen atoms in total. The van der Waals surface area contributed by atoms with E-state index in [1.807, 2.05) is 55.5 Å². The van der Waals surface area contributed by atoms with Gasteiger partial charge in [0.25, 0.3) is 0 Å². The number of aromatic nitrogens is 1. The minimum Gasteiger partial charge on any atom is -0.486 e. The predicted molar refractivity (Wildman–Crippen MR) is 111 cm³/mol. The Morgan fingerprint density at radius 3 is 2.45 bits per heavy atom. The largest absolute Gasteiger partial charge is 0.486 e. The van der Waals surface area contributed by atoms with E-state index in [-0.39, 0.29) is 0 Å². The van der Waals surface area contributed by atoms with Crippen molar-refractivity contribution in [2.24, 2.45) is 0 Å². The molecule has 29 heavy (non-hydrogen) atoms. The van der Waals surface area contributed by atoms with Gasteiger partial charge in [-0.15, -0.1) is 0 Å². The maximum atomic E-state index is 14.0. The molecule has 1 heterocycles. The van der Waals surface area contributed by atoms with Gasteiger partial charge in [0.05, 0.1) is 5.69 Å².